The highest BCUT2D eigenvalue weighted by atomic mass is 16.5. The van der Waals surface area contributed by atoms with E-state index < -0.39 is 0 Å². The third-order valence-electron chi connectivity index (χ3n) is 5.72. The Morgan fingerprint density at radius 1 is 1.06 bits per heavy atom. The van der Waals surface area contributed by atoms with Crippen LogP contribution in [0.25, 0.3) is 11.1 Å². The Balaban J connectivity index is 1.35. The predicted octanol–water partition coefficient (Wildman–Crippen LogP) is 3.99. The highest BCUT2D eigenvalue weighted by molar-refractivity contribution is 5.79. The van der Waals surface area contributed by atoms with Crippen molar-refractivity contribution in [3.8, 4) is 16.9 Å². The molecule has 1 atom stereocenters. The van der Waals surface area contributed by atoms with E-state index in [1.165, 1.54) is 5.56 Å². The first-order chi connectivity index (χ1) is 15.1. The summed E-state index contributed by atoms with van der Waals surface area (Å²) in [6.45, 7) is 4.09. The van der Waals surface area contributed by atoms with Gasteiger partial charge < -0.3 is 15.0 Å². The van der Waals surface area contributed by atoms with Crippen molar-refractivity contribution in [3.63, 3.8) is 0 Å². The minimum absolute atomic E-state index is 0.0626. The van der Waals surface area contributed by atoms with Gasteiger partial charge in [-0.25, -0.2) is 9.97 Å². The third-order valence-corrected chi connectivity index (χ3v) is 5.72. The molecule has 1 aromatic heterocycles. The number of ether oxygens (including phenoxy) is 1. The van der Waals surface area contributed by atoms with E-state index in [0.717, 1.165) is 41.8 Å². The standard InChI is InChI=1S/C25H28N4O2/c1-18-5-9-20(10-6-18)22-15-27-25(28-16-22)29-13-3-4-21(17-29)24(30)26-14-19-7-11-23(31-2)12-8-19/h5-12,15-16,21H,3-4,13-14,17H2,1-2H3,(H,26,30). The summed E-state index contributed by atoms with van der Waals surface area (Å²) >= 11 is 0. The largest absolute Gasteiger partial charge is 0.497 e. The third kappa shape index (κ3) is 5.20. The van der Waals surface area contributed by atoms with Crippen molar-refractivity contribution in [1.29, 1.82) is 0 Å². The van der Waals surface area contributed by atoms with Crippen LogP contribution in [0.2, 0.25) is 0 Å². The monoisotopic (exact) mass is 416 g/mol. The van der Waals surface area contributed by atoms with Gasteiger partial charge in [0.05, 0.1) is 13.0 Å². The van der Waals surface area contributed by atoms with Crippen LogP contribution < -0.4 is 15.0 Å². The molecule has 1 aliphatic heterocycles. The van der Waals surface area contributed by atoms with Gasteiger partial charge in [0, 0.05) is 37.6 Å². The fourth-order valence-corrected chi connectivity index (χ4v) is 3.83. The summed E-state index contributed by atoms with van der Waals surface area (Å²) in [5.74, 6) is 1.51. The maximum absolute atomic E-state index is 12.7. The van der Waals surface area contributed by atoms with E-state index in [-0.39, 0.29) is 11.8 Å². The number of hydrogen-bond donors (Lipinski definition) is 1. The van der Waals surface area contributed by atoms with Gasteiger partial charge >= 0.3 is 0 Å². The van der Waals surface area contributed by atoms with Crippen molar-refractivity contribution in [2.45, 2.75) is 26.3 Å². The Morgan fingerprint density at radius 2 is 1.77 bits per heavy atom. The second-order valence-corrected chi connectivity index (χ2v) is 7.99. The van der Waals surface area contributed by atoms with Gasteiger partial charge in [-0.2, -0.15) is 0 Å². The van der Waals surface area contributed by atoms with Gasteiger partial charge in [0.15, 0.2) is 0 Å². The van der Waals surface area contributed by atoms with Crippen LogP contribution in [0.15, 0.2) is 60.9 Å². The number of rotatable bonds is 6. The summed E-state index contributed by atoms with van der Waals surface area (Å²) in [6, 6.07) is 16.1. The molecule has 0 saturated carbocycles. The molecule has 0 bridgehead atoms. The number of piperidine rings is 1. The topological polar surface area (TPSA) is 67.3 Å². The van der Waals surface area contributed by atoms with Crippen LogP contribution in [-0.2, 0) is 11.3 Å². The zero-order chi connectivity index (χ0) is 21.6. The molecule has 4 rings (SSSR count). The molecule has 1 aliphatic rings. The average Bonchev–Trinajstić information content (AvgIpc) is 2.83. The normalized spacial score (nSPS) is 16.1. The van der Waals surface area contributed by atoms with Gasteiger partial charge in [-0.3, -0.25) is 4.79 Å². The minimum atomic E-state index is -0.0626. The van der Waals surface area contributed by atoms with Crippen molar-refractivity contribution >= 4 is 11.9 Å². The number of carbonyl (C=O) groups excluding carboxylic acids is 1. The van der Waals surface area contributed by atoms with Gasteiger partial charge in [-0.1, -0.05) is 42.0 Å². The number of nitrogens with one attached hydrogen (secondary N) is 1. The van der Waals surface area contributed by atoms with Crippen LogP contribution >= 0.6 is 0 Å². The van der Waals surface area contributed by atoms with E-state index >= 15 is 0 Å². The number of carbonyl (C=O) groups is 1. The number of aryl methyl sites for hydroxylation is 1. The first kappa shape index (κ1) is 20.8. The molecule has 2 heterocycles. The van der Waals surface area contributed by atoms with Gasteiger partial charge in [0.1, 0.15) is 5.75 Å². The SMILES string of the molecule is COc1ccc(CNC(=O)C2CCCN(c3ncc(-c4ccc(C)cc4)cn3)C2)cc1. The molecule has 1 amide bonds. The fourth-order valence-electron chi connectivity index (χ4n) is 3.83. The number of hydrogen-bond acceptors (Lipinski definition) is 5. The molecule has 31 heavy (non-hydrogen) atoms. The summed E-state index contributed by atoms with van der Waals surface area (Å²) in [5, 5.41) is 3.07. The molecule has 160 valence electrons. The molecule has 0 spiro atoms. The van der Waals surface area contributed by atoms with Gasteiger partial charge in [-0.15, -0.1) is 0 Å². The van der Waals surface area contributed by atoms with Crippen molar-refractivity contribution in [2.24, 2.45) is 5.92 Å². The Hall–Kier alpha value is -3.41. The quantitative estimate of drug-likeness (QED) is 0.658. The summed E-state index contributed by atoms with van der Waals surface area (Å²) in [6.07, 6.45) is 5.55. The molecular formula is C25H28N4O2. The highest BCUT2D eigenvalue weighted by Crippen LogP contribution is 2.23. The van der Waals surface area contributed by atoms with Crippen molar-refractivity contribution < 1.29 is 9.53 Å². The number of amides is 1. The number of benzene rings is 2. The van der Waals surface area contributed by atoms with E-state index in [4.69, 9.17) is 4.74 Å². The second kappa shape index (κ2) is 9.60. The first-order valence-electron chi connectivity index (χ1n) is 10.7. The molecule has 0 radical (unpaired) electrons. The Bertz CT molecular complexity index is 1000. The second-order valence-electron chi connectivity index (χ2n) is 7.99. The minimum Gasteiger partial charge on any atom is -0.497 e. The lowest BCUT2D eigenvalue weighted by atomic mass is 9.97. The summed E-state index contributed by atoms with van der Waals surface area (Å²) in [5.41, 5.74) is 4.38. The zero-order valence-corrected chi connectivity index (χ0v) is 18.0. The lowest BCUT2D eigenvalue weighted by Gasteiger charge is -2.32. The van der Waals surface area contributed by atoms with Crippen LogP contribution in [-0.4, -0.2) is 36.1 Å². The van der Waals surface area contributed by atoms with Gasteiger partial charge in [0.25, 0.3) is 0 Å². The smallest absolute Gasteiger partial charge is 0.225 e. The number of methoxy groups -OCH3 is 1. The van der Waals surface area contributed by atoms with E-state index in [0.29, 0.717) is 19.0 Å². The van der Waals surface area contributed by atoms with Crippen LogP contribution in [0.1, 0.15) is 24.0 Å². The van der Waals surface area contributed by atoms with E-state index in [2.05, 4.69) is 51.4 Å². The van der Waals surface area contributed by atoms with Crippen molar-refractivity contribution in [2.75, 3.05) is 25.1 Å². The van der Waals surface area contributed by atoms with Gasteiger partial charge in [0.2, 0.25) is 11.9 Å². The lowest BCUT2D eigenvalue weighted by Crippen LogP contribution is -2.43. The molecule has 2 aromatic carbocycles. The maximum atomic E-state index is 12.7. The molecule has 6 nitrogen and oxygen atoms in total. The molecular weight excluding hydrogens is 388 g/mol. The Labute approximate surface area is 183 Å². The molecule has 1 unspecified atom stereocenters. The van der Waals surface area contributed by atoms with Crippen LogP contribution in [0, 0.1) is 12.8 Å². The predicted molar refractivity (Wildman–Crippen MR) is 122 cm³/mol. The summed E-state index contributed by atoms with van der Waals surface area (Å²) in [7, 11) is 1.64. The number of aromatic nitrogens is 2. The Morgan fingerprint density at radius 3 is 2.45 bits per heavy atom. The lowest BCUT2D eigenvalue weighted by molar-refractivity contribution is -0.125. The van der Waals surface area contributed by atoms with Crippen molar-refractivity contribution in [1.82, 2.24) is 15.3 Å². The number of nitrogens with zero attached hydrogens (tertiary/aromatic N) is 3. The van der Waals surface area contributed by atoms with Crippen LogP contribution in [0.3, 0.4) is 0 Å². The highest BCUT2D eigenvalue weighted by Gasteiger charge is 2.27. The molecule has 1 saturated heterocycles. The fraction of sp³-hybridized carbons (Fsp3) is 0.320. The molecule has 6 heteroatoms. The zero-order valence-electron chi connectivity index (χ0n) is 18.0. The molecule has 1 fully saturated rings. The van der Waals surface area contributed by atoms with E-state index in [9.17, 15) is 4.79 Å². The van der Waals surface area contributed by atoms with Crippen LogP contribution in [0.4, 0.5) is 5.95 Å². The first-order valence-corrected chi connectivity index (χ1v) is 10.7. The average molecular weight is 417 g/mol. The molecule has 0 aliphatic carbocycles. The number of anilines is 1. The molecule has 3 aromatic rings. The van der Waals surface area contributed by atoms with E-state index in [1.807, 2.05) is 36.7 Å². The van der Waals surface area contributed by atoms with E-state index in [1.54, 1.807) is 7.11 Å². The molecule has 1 N–H and O–H groups in total. The van der Waals surface area contributed by atoms with Crippen LogP contribution in [0.5, 0.6) is 5.75 Å². The van der Waals surface area contributed by atoms with Crippen molar-refractivity contribution in [3.05, 3.63) is 72.1 Å². The van der Waals surface area contributed by atoms with Gasteiger partial charge in [-0.05, 0) is 43.0 Å². The summed E-state index contributed by atoms with van der Waals surface area (Å²) < 4.78 is 5.18. The Kier molecular flexibility index (Phi) is 6.46. The maximum Gasteiger partial charge on any atom is 0.225 e. The summed E-state index contributed by atoms with van der Waals surface area (Å²) in [4.78, 5) is 24.0.